The first-order valence-corrected chi connectivity index (χ1v) is 8.40. The number of methoxy groups -OCH3 is 1. The van der Waals surface area contributed by atoms with Gasteiger partial charge >= 0.3 is 0 Å². The Labute approximate surface area is 144 Å². The second kappa shape index (κ2) is 9.96. The van der Waals surface area contributed by atoms with Crippen LogP contribution >= 0.6 is 0 Å². The Kier molecular flexibility index (Phi) is 7.59. The largest absolute Gasteiger partial charge is 0.493 e. The summed E-state index contributed by atoms with van der Waals surface area (Å²) in [7, 11) is 1.66. The number of ether oxygens (including phenoxy) is 2. The molecule has 4 heteroatoms. The Balaban J connectivity index is 2.01. The molecule has 0 fully saturated rings. The van der Waals surface area contributed by atoms with Crippen molar-refractivity contribution < 1.29 is 14.6 Å². The van der Waals surface area contributed by atoms with Gasteiger partial charge in [-0.15, -0.1) is 0 Å². The lowest BCUT2D eigenvalue weighted by molar-refractivity contribution is 0.279. The first-order chi connectivity index (χ1) is 11.7. The molecule has 0 aliphatic carbocycles. The van der Waals surface area contributed by atoms with Crippen LogP contribution in [0.4, 0.5) is 0 Å². The van der Waals surface area contributed by atoms with Crippen molar-refractivity contribution in [3.8, 4) is 11.5 Å². The number of hydrogen-bond acceptors (Lipinski definition) is 4. The number of benzene rings is 2. The van der Waals surface area contributed by atoms with E-state index < -0.39 is 0 Å². The Morgan fingerprint density at radius 1 is 1.04 bits per heavy atom. The summed E-state index contributed by atoms with van der Waals surface area (Å²) in [6, 6.07) is 14.3. The fourth-order valence-electron chi connectivity index (χ4n) is 2.45. The molecule has 2 aromatic carbocycles. The molecule has 0 spiro atoms. The quantitative estimate of drug-likeness (QED) is 0.656. The zero-order valence-electron chi connectivity index (χ0n) is 14.5. The molecule has 2 N–H and O–H groups in total. The number of aliphatic hydroxyl groups is 1. The van der Waals surface area contributed by atoms with Gasteiger partial charge in [0.2, 0.25) is 0 Å². The van der Waals surface area contributed by atoms with Crippen LogP contribution in [-0.4, -0.2) is 25.4 Å². The fourth-order valence-corrected chi connectivity index (χ4v) is 2.45. The highest BCUT2D eigenvalue weighted by Gasteiger charge is 2.10. The van der Waals surface area contributed by atoms with Crippen LogP contribution in [0.15, 0.2) is 42.5 Å². The third-order valence-corrected chi connectivity index (χ3v) is 3.86. The van der Waals surface area contributed by atoms with Gasteiger partial charge in [0.05, 0.1) is 7.11 Å². The number of unbranched alkanes of at least 4 members (excludes halogenated alkanes) is 1. The molecule has 0 aromatic heterocycles. The highest BCUT2D eigenvalue weighted by molar-refractivity contribution is 5.46. The van der Waals surface area contributed by atoms with Crippen molar-refractivity contribution in [2.75, 3.05) is 20.3 Å². The van der Waals surface area contributed by atoms with Crippen LogP contribution in [0, 0.1) is 6.92 Å². The van der Waals surface area contributed by atoms with Crippen LogP contribution in [0.25, 0.3) is 0 Å². The van der Waals surface area contributed by atoms with E-state index >= 15 is 0 Å². The van der Waals surface area contributed by atoms with E-state index in [4.69, 9.17) is 14.6 Å². The van der Waals surface area contributed by atoms with E-state index in [1.165, 1.54) is 5.56 Å². The molecule has 0 saturated carbocycles. The van der Waals surface area contributed by atoms with E-state index in [1.54, 1.807) is 7.11 Å². The van der Waals surface area contributed by atoms with Crippen LogP contribution in [0.2, 0.25) is 0 Å². The molecule has 4 nitrogen and oxygen atoms in total. The standard InChI is InChI=1S/C20H27NO3/c1-16-8-10-17(11-9-16)15-24-20-18(6-5-7-19(20)23-2)14-21-12-3-4-13-22/h5-11,21-22H,3-4,12-15H2,1-2H3. The smallest absolute Gasteiger partial charge is 0.166 e. The lowest BCUT2D eigenvalue weighted by atomic mass is 10.1. The molecule has 2 aromatic rings. The topological polar surface area (TPSA) is 50.7 Å². The Bertz CT molecular complexity index is 611. The van der Waals surface area contributed by atoms with E-state index in [0.29, 0.717) is 13.2 Å². The van der Waals surface area contributed by atoms with Gasteiger partial charge in [0.25, 0.3) is 0 Å². The van der Waals surface area contributed by atoms with Crippen LogP contribution in [-0.2, 0) is 13.2 Å². The lowest BCUT2D eigenvalue weighted by Gasteiger charge is -2.16. The molecular weight excluding hydrogens is 302 g/mol. The molecule has 0 aliphatic heterocycles. The second-order valence-corrected chi connectivity index (χ2v) is 5.83. The van der Waals surface area contributed by atoms with E-state index in [-0.39, 0.29) is 6.61 Å². The lowest BCUT2D eigenvalue weighted by Crippen LogP contribution is -2.16. The highest BCUT2D eigenvalue weighted by atomic mass is 16.5. The number of nitrogens with one attached hydrogen (secondary N) is 1. The third-order valence-electron chi connectivity index (χ3n) is 3.86. The van der Waals surface area contributed by atoms with Gasteiger partial charge in [0.15, 0.2) is 11.5 Å². The predicted octanol–water partition coefficient (Wildman–Crippen LogP) is 3.44. The van der Waals surface area contributed by atoms with Gasteiger partial charge in [-0.3, -0.25) is 0 Å². The van der Waals surface area contributed by atoms with Gasteiger partial charge in [-0.05, 0) is 37.9 Å². The maximum Gasteiger partial charge on any atom is 0.166 e. The van der Waals surface area contributed by atoms with E-state index in [1.807, 2.05) is 18.2 Å². The predicted molar refractivity (Wildman–Crippen MR) is 96.5 cm³/mol. The molecular formula is C20H27NO3. The van der Waals surface area contributed by atoms with Gasteiger partial charge in [-0.2, -0.15) is 0 Å². The number of rotatable bonds is 10. The SMILES string of the molecule is COc1cccc(CNCCCCO)c1OCc1ccc(C)cc1. The maximum atomic E-state index is 8.83. The van der Waals surface area contributed by atoms with E-state index in [0.717, 1.165) is 42.0 Å². The molecule has 0 aliphatic rings. The molecule has 0 radical (unpaired) electrons. The maximum absolute atomic E-state index is 8.83. The summed E-state index contributed by atoms with van der Waals surface area (Å²) in [6.45, 7) is 4.41. The third kappa shape index (κ3) is 5.55. The molecule has 2 rings (SSSR count). The second-order valence-electron chi connectivity index (χ2n) is 5.83. The molecule has 0 bridgehead atoms. The van der Waals surface area contributed by atoms with E-state index in [9.17, 15) is 0 Å². The number of aryl methyl sites for hydroxylation is 1. The summed E-state index contributed by atoms with van der Waals surface area (Å²) in [4.78, 5) is 0. The monoisotopic (exact) mass is 329 g/mol. The molecule has 0 amide bonds. The van der Waals surface area contributed by atoms with Crippen molar-refractivity contribution in [2.45, 2.75) is 32.9 Å². The van der Waals surface area contributed by atoms with Crippen molar-refractivity contribution in [2.24, 2.45) is 0 Å². The van der Waals surface area contributed by atoms with Gasteiger partial charge in [-0.25, -0.2) is 0 Å². The minimum absolute atomic E-state index is 0.242. The van der Waals surface area contributed by atoms with Crippen LogP contribution in [0.5, 0.6) is 11.5 Å². The first-order valence-electron chi connectivity index (χ1n) is 8.40. The Morgan fingerprint density at radius 2 is 1.83 bits per heavy atom. The minimum Gasteiger partial charge on any atom is -0.493 e. The van der Waals surface area contributed by atoms with E-state index in [2.05, 4.69) is 36.5 Å². The van der Waals surface area contributed by atoms with Gasteiger partial charge in [-0.1, -0.05) is 42.0 Å². The molecule has 130 valence electrons. The van der Waals surface area contributed by atoms with Crippen molar-refractivity contribution in [3.05, 3.63) is 59.2 Å². The normalized spacial score (nSPS) is 10.6. The summed E-state index contributed by atoms with van der Waals surface area (Å²) in [5.41, 5.74) is 3.45. The zero-order chi connectivity index (χ0) is 17.2. The summed E-state index contributed by atoms with van der Waals surface area (Å²) in [6.07, 6.45) is 1.78. The Morgan fingerprint density at radius 3 is 2.54 bits per heavy atom. The number of aliphatic hydroxyl groups excluding tert-OH is 1. The average Bonchev–Trinajstić information content (AvgIpc) is 2.61. The van der Waals surface area contributed by atoms with Crippen LogP contribution in [0.1, 0.15) is 29.5 Å². The van der Waals surface area contributed by atoms with Crippen molar-refractivity contribution in [3.63, 3.8) is 0 Å². The summed E-state index contributed by atoms with van der Waals surface area (Å²) >= 11 is 0. The summed E-state index contributed by atoms with van der Waals surface area (Å²) in [5, 5.41) is 12.2. The van der Waals surface area contributed by atoms with Crippen LogP contribution in [0.3, 0.4) is 0 Å². The van der Waals surface area contributed by atoms with Crippen molar-refractivity contribution >= 4 is 0 Å². The zero-order valence-corrected chi connectivity index (χ0v) is 14.5. The molecule has 0 saturated heterocycles. The summed E-state index contributed by atoms with van der Waals surface area (Å²) < 4.78 is 11.5. The first kappa shape index (κ1) is 18.3. The molecule has 24 heavy (non-hydrogen) atoms. The number of hydrogen-bond donors (Lipinski definition) is 2. The molecule has 0 heterocycles. The van der Waals surface area contributed by atoms with Crippen LogP contribution < -0.4 is 14.8 Å². The van der Waals surface area contributed by atoms with Gasteiger partial charge in [0, 0.05) is 18.7 Å². The molecule has 0 atom stereocenters. The Hall–Kier alpha value is -2.04. The fraction of sp³-hybridized carbons (Fsp3) is 0.400. The average molecular weight is 329 g/mol. The van der Waals surface area contributed by atoms with Gasteiger partial charge in [0.1, 0.15) is 6.61 Å². The molecule has 0 unspecified atom stereocenters. The number of para-hydroxylation sites is 1. The van der Waals surface area contributed by atoms with Gasteiger partial charge < -0.3 is 19.9 Å². The highest BCUT2D eigenvalue weighted by Crippen LogP contribution is 2.31. The van der Waals surface area contributed by atoms with Crippen molar-refractivity contribution in [1.29, 1.82) is 0 Å². The minimum atomic E-state index is 0.242. The van der Waals surface area contributed by atoms with Crippen molar-refractivity contribution in [1.82, 2.24) is 5.32 Å². The summed E-state index contributed by atoms with van der Waals surface area (Å²) in [5.74, 6) is 1.53.